The summed E-state index contributed by atoms with van der Waals surface area (Å²) < 4.78 is 0. The van der Waals surface area contributed by atoms with Crippen LogP contribution in [0, 0.1) is 16.2 Å². The fraction of sp³-hybridized carbons (Fsp3) is 0.568. The zero-order chi connectivity index (χ0) is 30.4. The quantitative estimate of drug-likeness (QED) is 0.279. The van der Waals surface area contributed by atoms with Gasteiger partial charge in [0.2, 0.25) is 0 Å². The number of nitrogens with zero attached hydrogens (tertiary/aromatic N) is 1. The van der Waals surface area contributed by atoms with Gasteiger partial charge in [-0.3, -0.25) is 10.4 Å². The topological polar surface area (TPSA) is 36.2 Å². The Morgan fingerprint density at radius 3 is 2.13 bits per heavy atom. The van der Waals surface area contributed by atoms with E-state index in [9.17, 15) is 5.41 Å². The molecule has 2 heteroatoms. The molecule has 1 fully saturated rings. The van der Waals surface area contributed by atoms with E-state index in [0.717, 1.165) is 40.8 Å². The third-order valence-electron chi connectivity index (χ3n) is 7.79. The number of benzene rings is 1. The summed E-state index contributed by atoms with van der Waals surface area (Å²) >= 11 is 0. The summed E-state index contributed by atoms with van der Waals surface area (Å²) in [6.45, 7) is 31.9. The van der Waals surface area contributed by atoms with Gasteiger partial charge in [-0.2, -0.15) is 0 Å². The number of rotatable bonds is 6. The van der Waals surface area contributed by atoms with Gasteiger partial charge in [0.25, 0.3) is 0 Å². The van der Waals surface area contributed by atoms with Crippen molar-refractivity contribution in [1.82, 2.24) is 0 Å². The van der Waals surface area contributed by atoms with E-state index in [1.807, 2.05) is 46.8 Å². The van der Waals surface area contributed by atoms with E-state index in [1.165, 1.54) is 42.4 Å². The summed E-state index contributed by atoms with van der Waals surface area (Å²) in [5, 5.41) is 9.20. The van der Waals surface area contributed by atoms with Crippen molar-refractivity contribution < 1.29 is 0 Å². The van der Waals surface area contributed by atoms with Crippen LogP contribution in [0.2, 0.25) is 0 Å². The molecule has 0 saturated heterocycles. The van der Waals surface area contributed by atoms with E-state index in [1.54, 1.807) is 0 Å². The molecule has 3 rings (SSSR count). The van der Waals surface area contributed by atoms with Crippen LogP contribution in [0.5, 0.6) is 0 Å². The highest BCUT2D eigenvalue weighted by Gasteiger charge is 2.32. The summed E-state index contributed by atoms with van der Waals surface area (Å²) in [6.07, 6.45) is 14.4. The Labute approximate surface area is 243 Å². The van der Waals surface area contributed by atoms with Gasteiger partial charge in [0.1, 0.15) is 0 Å². The number of fused-ring (bicyclic) bond motifs is 1. The molecule has 0 amide bonds. The lowest BCUT2D eigenvalue weighted by atomic mass is 9.69. The van der Waals surface area contributed by atoms with Crippen LogP contribution in [0.25, 0.3) is 6.08 Å². The first-order valence-electron chi connectivity index (χ1n) is 15.2. The fourth-order valence-electron chi connectivity index (χ4n) is 5.18. The summed E-state index contributed by atoms with van der Waals surface area (Å²) in [7, 11) is 0. The van der Waals surface area contributed by atoms with Crippen LogP contribution in [0.15, 0.2) is 65.3 Å². The summed E-state index contributed by atoms with van der Waals surface area (Å²) in [4.78, 5) is 4.82. The van der Waals surface area contributed by atoms with Gasteiger partial charge in [-0.05, 0) is 85.6 Å². The van der Waals surface area contributed by atoms with Crippen LogP contribution < -0.4 is 0 Å². The molecule has 0 radical (unpaired) electrons. The summed E-state index contributed by atoms with van der Waals surface area (Å²) in [5.41, 5.74) is 8.93. The Morgan fingerprint density at radius 2 is 1.72 bits per heavy atom. The van der Waals surface area contributed by atoms with Crippen LogP contribution in [-0.2, 0) is 0 Å². The lowest BCUT2D eigenvalue weighted by molar-refractivity contribution is 0.155. The third kappa shape index (κ3) is 10.2. The highest BCUT2D eigenvalue weighted by atomic mass is 14.8. The minimum absolute atomic E-state index is 0.0599. The highest BCUT2D eigenvalue weighted by molar-refractivity contribution is 6.19. The monoisotopic (exact) mass is 532 g/mol. The second-order valence-corrected chi connectivity index (χ2v) is 11.9. The predicted octanol–water partition coefficient (Wildman–Crippen LogP) is 12.1. The van der Waals surface area contributed by atoms with Crippen LogP contribution in [0.4, 0.5) is 0 Å². The normalized spacial score (nSPS) is 18.1. The third-order valence-corrected chi connectivity index (χ3v) is 7.79. The molecule has 1 unspecified atom stereocenters. The summed E-state index contributed by atoms with van der Waals surface area (Å²) in [6, 6.07) is 6.49. The van der Waals surface area contributed by atoms with E-state index < -0.39 is 0 Å². The molecule has 1 aromatic carbocycles. The van der Waals surface area contributed by atoms with Crippen molar-refractivity contribution in [2.24, 2.45) is 15.8 Å². The first kappa shape index (κ1) is 36.5. The molecule has 0 spiro atoms. The minimum Gasteiger partial charge on any atom is -0.300 e. The van der Waals surface area contributed by atoms with Gasteiger partial charge in [0.15, 0.2) is 0 Å². The van der Waals surface area contributed by atoms with E-state index >= 15 is 0 Å². The first-order chi connectivity index (χ1) is 18.4. The van der Waals surface area contributed by atoms with Crippen LogP contribution in [-0.4, -0.2) is 11.4 Å². The molecular formula is C37H60N2. The second kappa shape index (κ2) is 17.3. The standard InChI is InChI=1S/C26H36N2.C7H14.C2H6.C2H4/c1-9-12-17(3)21-15-11-14-20-16-22(26(6,7)8)23(25(27)24(20)21)19(5)28-18(4)13-10-2;1-3-7(2)5-4-6-7;2*1-2/h10-11,13-17,27H,9,12H2,1-8H3;3-6H2,1-2H3;1-2H3;1-2H2/b13-10-,23-19+,27-25?,28-18+;;;. The smallest absolute Gasteiger partial charge is 0.0714 e. The molecule has 0 heterocycles. The predicted molar refractivity (Wildman–Crippen MR) is 179 cm³/mol. The number of nitrogens with one attached hydrogen (secondary N) is 1. The molecule has 0 aromatic heterocycles. The molecule has 0 aliphatic heterocycles. The van der Waals surface area contributed by atoms with Gasteiger partial charge in [-0.1, -0.05) is 106 Å². The summed E-state index contributed by atoms with van der Waals surface area (Å²) in [5.74, 6) is 0.444. The zero-order valence-electron chi connectivity index (χ0n) is 27.6. The first-order valence-corrected chi connectivity index (χ1v) is 15.2. The van der Waals surface area contributed by atoms with Crippen molar-refractivity contribution in [3.8, 4) is 0 Å². The SMILES string of the molecule is C=C.CC.CCC1(C)CCC1.C\C=C/C(C)=N/C(C)=C1/C(=N)c2c(cccc2C(C)CCC)C=C1C(C)(C)C. The Kier molecular flexibility index (Phi) is 16.2. The Hall–Kier alpha value is -2.48. The molecule has 218 valence electrons. The highest BCUT2D eigenvalue weighted by Crippen LogP contribution is 2.43. The average Bonchev–Trinajstić information content (AvgIpc) is 2.89. The van der Waals surface area contributed by atoms with Crippen molar-refractivity contribution >= 4 is 17.5 Å². The maximum absolute atomic E-state index is 9.20. The van der Waals surface area contributed by atoms with Gasteiger partial charge in [-0.25, -0.2) is 0 Å². The molecule has 39 heavy (non-hydrogen) atoms. The fourth-order valence-corrected chi connectivity index (χ4v) is 5.18. The maximum atomic E-state index is 9.20. The molecule has 1 saturated carbocycles. The Bertz CT molecular complexity index is 1030. The van der Waals surface area contributed by atoms with Crippen molar-refractivity contribution in [1.29, 1.82) is 5.41 Å². The van der Waals surface area contributed by atoms with E-state index in [4.69, 9.17) is 4.99 Å². The van der Waals surface area contributed by atoms with Gasteiger partial charge in [0.05, 0.1) is 5.71 Å². The van der Waals surface area contributed by atoms with Crippen LogP contribution >= 0.6 is 0 Å². The van der Waals surface area contributed by atoms with Gasteiger partial charge in [-0.15, -0.1) is 13.2 Å². The van der Waals surface area contributed by atoms with Crippen molar-refractivity contribution in [3.63, 3.8) is 0 Å². The lowest BCUT2D eigenvalue weighted by Gasteiger charge is -2.37. The zero-order valence-corrected chi connectivity index (χ0v) is 27.6. The Balaban J connectivity index is 0.00000111. The molecule has 2 aliphatic rings. The lowest BCUT2D eigenvalue weighted by Crippen LogP contribution is -2.23. The maximum Gasteiger partial charge on any atom is 0.0714 e. The average molecular weight is 533 g/mol. The molecular weight excluding hydrogens is 472 g/mol. The van der Waals surface area contributed by atoms with Crippen molar-refractivity contribution in [2.45, 2.75) is 128 Å². The molecule has 2 aliphatic carbocycles. The van der Waals surface area contributed by atoms with E-state index in [2.05, 4.69) is 85.9 Å². The second-order valence-electron chi connectivity index (χ2n) is 11.9. The molecule has 1 atom stereocenters. The van der Waals surface area contributed by atoms with Crippen LogP contribution in [0.3, 0.4) is 0 Å². The molecule has 1 aromatic rings. The van der Waals surface area contributed by atoms with Crippen molar-refractivity contribution in [3.05, 3.63) is 77.0 Å². The van der Waals surface area contributed by atoms with Gasteiger partial charge >= 0.3 is 0 Å². The van der Waals surface area contributed by atoms with Crippen LogP contribution in [0.1, 0.15) is 144 Å². The number of hydrogen-bond donors (Lipinski definition) is 1. The molecule has 0 bridgehead atoms. The Morgan fingerprint density at radius 1 is 1.13 bits per heavy atom. The number of aliphatic imine (C=N–C) groups is 1. The number of allylic oxidation sites excluding steroid dienone is 5. The minimum atomic E-state index is -0.0599. The van der Waals surface area contributed by atoms with Crippen molar-refractivity contribution in [2.75, 3.05) is 0 Å². The van der Waals surface area contributed by atoms with E-state index in [-0.39, 0.29) is 5.41 Å². The van der Waals surface area contributed by atoms with E-state index in [0.29, 0.717) is 11.6 Å². The molecule has 1 N–H and O–H groups in total. The molecule has 2 nitrogen and oxygen atoms in total. The van der Waals surface area contributed by atoms with Gasteiger partial charge < -0.3 is 0 Å². The van der Waals surface area contributed by atoms with Gasteiger partial charge in [0, 0.05) is 22.5 Å². The number of hydrogen-bond acceptors (Lipinski definition) is 2. The largest absolute Gasteiger partial charge is 0.300 e.